The molecular formula is C16H22N2O3. The Morgan fingerprint density at radius 3 is 2.90 bits per heavy atom. The van der Waals surface area contributed by atoms with Crippen LogP contribution in [0.3, 0.4) is 0 Å². The van der Waals surface area contributed by atoms with E-state index in [9.17, 15) is 4.79 Å². The number of hydrogen-bond donors (Lipinski definition) is 3. The third-order valence-corrected chi connectivity index (χ3v) is 3.37. The minimum Gasteiger partial charge on any atom is -0.461 e. The monoisotopic (exact) mass is 290 g/mol. The number of benzene rings is 1. The minimum absolute atomic E-state index is 0.149. The van der Waals surface area contributed by atoms with E-state index in [2.05, 4.69) is 10.6 Å². The van der Waals surface area contributed by atoms with Gasteiger partial charge in [0, 0.05) is 31.5 Å². The number of aliphatic hydroxyl groups is 1. The van der Waals surface area contributed by atoms with E-state index in [1.165, 1.54) is 0 Å². The Morgan fingerprint density at radius 1 is 1.33 bits per heavy atom. The van der Waals surface area contributed by atoms with Crippen molar-refractivity contribution in [3.05, 3.63) is 36.1 Å². The Morgan fingerprint density at radius 2 is 2.14 bits per heavy atom. The lowest BCUT2D eigenvalue weighted by molar-refractivity contribution is 0.234. The first-order valence-corrected chi connectivity index (χ1v) is 7.29. The first-order chi connectivity index (χ1) is 10.2. The van der Waals surface area contributed by atoms with Gasteiger partial charge in [0.25, 0.3) is 0 Å². The molecule has 0 aliphatic heterocycles. The molecule has 0 aliphatic rings. The summed E-state index contributed by atoms with van der Waals surface area (Å²) in [5.41, 5.74) is 0.870. The summed E-state index contributed by atoms with van der Waals surface area (Å²) >= 11 is 0. The van der Waals surface area contributed by atoms with E-state index >= 15 is 0 Å². The summed E-state index contributed by atoms with van der Waals surface area (Å²) in [5, 5.41) is 15.5. The van der Waals surface area contributed by atoms with Gasteiger partial charge in [0.1, 0.15) is 11.3 Å². The van der Waals surface area contributed by atoms with Crippen LogP contribution in [0.5, 0.6) is 0 Å². The van der Waals surface area contributed by atoms with E-state index in [0.717, 1.165) is 16.7 Å². The molecule has 0 radical (unpaired) electrons. The first kappa shape index (κ1) is 15.4. The van der Waals surface area contributed by atoms with Crippen molar-refractivity contribution in [1.82, 2.24) is 10.6 Å². The van der Waals surface area contributed by atoms with Crippen molar-refractivity contribution in [3.63, 3.8) is 0 Å². The lowest BCUT2D eigenvalue weighted by Gasteiger charge is -2.11. The van der Waals surface area contributed by atoms with E-state index in [0.29, 0.717) is 25.9 Å². The van der Waals surface area contributed by atoms with Crippen molar-refractivity contribution >= 4 is 17.0 Å². The highest BCUT2D eigenvalue weighted by atomic mass is 16.3. The van der Waals surface area contributed by atoms with Crippen molar-refractivity contribution in [2.75, 3.05) is 19.7 Å². The van der Waals surface area contributed by atoms with Crippen molar-refractivity contribution in [3.8, 4) is 0 Å². The lowest BCUT2D eigenvalue weighted by atomic mass is 10.1. The molecule has 5 nitrogen and oxygen atoms in total. The van der Waals surface area contributed by atoms with E-state index in [4.69, 9.17) is 9.52 Å². The summed E-state index contributed by atoms with van der Waals surface area (Å²) in [6, 6.07) is 9.66. The van der Waals surface area contributed by atoms with Crippen molar-refractivity contribution in [2.45, 2.75) is 19.8 Å². The number of amides is 2. The van der Waals surface area contributed by atoms with Crippen molar-refractivity contribution in [1.29, 1.82) is 0 Å². The lowest BCUT2D eigenvalue weighted by Crippen LogP contribution is -2.38. The van der Waals surface area contributed by atoms with Crippen LogP contribution in [-0.2, 0) is 6.42 Å². The maximum Gasteiger partial charge on any atom is 0.314 e. The molecule has 114 valence electrons. The number of fused-ring (bicyclic) bond motifs is 1. The molecule has 0 spiro atoms. The number of para-hydroxylation sites is 1. The van der Waals surface area contributed by atoms with Gasteiger partial charge in [-0.2, -0.15) is 0 Å². The summed E-state index contributed by atoms with van der Waals surface area (Å²) in [4.78, 5) is 11.6. The summed E-state index contributed by atoms with van der Waals surface area (Å²) in [5.74, 6) is 1.14. The molecule has 0 fully saturated rings. The van der Waals surface area contributed by atoms with E-state index < -0.39 is 0 Å². The number of urea groups is 1. The van der Waals surface area contributed by atoms with Crippen LogP contribution in [-0.4, -0.2) is 30.8 Å². The number of rotatable bonds is 7. The molecule has 2 aromatic rings. The number of furan rings is 1. The number of carbonyl (C=O) groups is 1. The fourth-order valence-corrected chi connectivity index (χ4v) is 2.11. The number of nitrogens with one attached hydrogen (secondary N) is 2. The predicted octanol–water partition coefficient (Wildman–Crippen LogP) is 2.29. The smallest absolute Gasteiger partial charge is 0.314 e. The van der Waals surface area contributed by atoms with Gasteiger partial charge in [-0.05, 0) is 24.5 Å². The van der Waals surface area contributed by atoms with Gasteiger partial charge in [-0.25, -0.2) is 4.79 Å². The van der Waals surface area contributed by atoms with Crippen molar-refractivity contribution < 1.29 is 14.3 Å². The second-order valence-corrected chi connectivity index (χ2v) is 5.25. The number of hydrogen-bond acceptors (Lipinski definition) is 3. The highest BCUT2D eigenvalue weighted by molar-refractivity contribution is 5.77. The quantitative estimate of drug-likeness (QED) is 0.732. The van der Waals surface area contributed by atoms with Crippen LogP contribution in [0.2, 0.25) is 0 Å². The van der Waals surface area contributed by atoms with Crippen LogP contribution in [0.1, 0.15) is 19.1 Å². The largest absolute Gasteiger partial charge is 0.461 e. The van der Waals surface area contributed by atoms with Gasteiger partial charge in [0.15, 0.2) is 0 Å². The van der Waals surface area contributed by atoms with Gasteiger partial charge in [-0.3, -0.25) is 0 Å². The third kappa shape index (κ3) is 4.79. The second kappa shape index (κ2) is 7.69. The molecule has 2 amide bonds. The van der Waals surface area contributed by atoms with Crippen LogP contribution in [0.4, 0.5) is 4.79 Å². The molecular weight excluding hydrogens is 268 g/mol. The Bertz CT molecular complexity index is 547. The van der Waals surface area contributed by atoms with E-state index in [1.54, 1.807) is 0 Å². The Balaban J connectivity index is 1.70. The van der Waals surface area contributed by atoms with E-state index in [-0.39, 0.29) is 18.6 Å². The van der Waals surface area contributed by atoms with Gasteiger partial charge in [-0.15, -0.1) is 0 Å². The summed E-state index contributed by atoms with van der Waals surface area (Å²) in [7, 11) is 0. The normalized spacial score (nSPS) is 12.3. The maximum atomic E-state index is 11.6. The topological polar surface area (TPSA) is 74.5 Å². The summed E-state index contributed by atoms with van der Waals surface area (Å²) in [6.45, 7) is 3.23. The third-order valence-electron chi connectivity index (χ3n) is 3.37. The van der Waals surface area contributed by atoms with Crippen molar-refractivity contribution in [2.24, 2.45) is 5.92 Å². The highest BCUT2D eigenvalue weighted by Gasteiger charge is 2.06. The molecule has 3 N–H and O–H groups in total. The number of aliphatic hydroxyl groups excluding tert-OH is 1. The van der Waals surface area contributed by atoms with Gasteiger partial charge in [-0.1, -0.05) is 25.1 Å². The molecule has 0 saturated heterocycles. The van der Waals surface area contributed by atoms with Gasteiger partial charge >= 0.3 is 6.03 Å². The molecule has 0 saturated carbocycles. The Labute approximate surface area is 124 Å². The summed E-state index contributed by atoms with van der Waals surface area (Å²) < 4.78 is 5.68. The van der Waals surface area contributed by atoms with Crippen LogP contribution in [0.15, 0.2) is 34.7 Å². The Hall–Kier alpha value is -2.01. The zero-order valence-corrected chi connectivity index (χ0v) is 12.3. The fourth-order valence-electron chi connectivity index (χ4n) is 2.11. The molecule has 0 bridgehead atoms. The molecule has 5 heteroatoms. The molecule has 1 aromatic heterocycles. The predicted molar refractivity (Wildman–Crippen MR) is 82.2 cm³/mol. The maximum absolute atomic E-state index is 11.6. The average Bonchev–Trinajstić information content (AvgIpc) is 2.88. The number of carbonyl (C=O) groups excluding carboxylic acids is 1. The van der Waals surface area contributed by atoms with Crippen LogP contribution in [0.25, 0.3) is 11.0 Å². The Kier molecular flexibility index (Phi) is 5.63. The fraction of sp³-hybridized carbons (Fsp3) is 0.438. The van der Waals surface area contributed by atoms with Gasteiger partial charge in [0.2, 0.25) is 0 Å². The van der Waals surface area contributed by atoms with Crippen LogP contribution < -0.4 is 10.6 Å². The van der Waals surface area contributed by atoms with Gasteiger partial charge < -0.3 is 20.2 Å². The first-order valence-electron chi connectivity index (χ1n) is 7.29. The molecule has 1 aromatic carbocycles. The molecule has 0 aliphatic carbocycles. The van der Waals surface area contributed by atoms with Gasteiger partial charge in [0.05, 0.1) is 0 Å². The molecule has 21 heavy (non-hydrogen) atoms. The molecule has 2 rings (SSSR count). The molecule has 1 heterocycles. The zero-order valence-electron chi connectivity index (χ0n) is 12.3. The molecule has 1 unspecified atom stereocenters. The second-order valence-electron chi connectivity index (χ2n) is 5.25. The summed E-state index contributed by atoms with van der Waals surface area (Å²) in [6.07, 6.45) is 1.35. The average molecular weight is 290 g/mol. The zero-order chi connectivity index (χ0) is 15.1. The van der Waals surface area contributed by atoms with E-state index in [1.807, 2.05) is 37.3 Å². The van der Waals surface area contributed by atoms with Crippen LogP contribution in [0, 0.1) is 5.92 Å². The highest BCUT2D eigenvalue weighted by Crippen LogP contribution is 2.18. The minimum atomic E-state index is -0.184. The standard InChI is InChI=1S/C16H22N2O3/c1-12(7-9-19)11-18-16(20)17-8-6-14-10-13-4-2-3-5-15(13)21-14/h2-5,10,12,19H,6-9,11H2,1H3,(H2,17,18,20). The molecule has 1 atom stereocenters. The van der Waals surface area contributed by atoms with Crippen LogP contribution >= 0.6 is 0 Å². The SMILES string of the molecule is CC(CCO)CNC(=O)NCCc1cc2ccccc2o1.